The van der Waals surface area contributed by atoms with E-state index >= 15 is 0 Å². The van der Waals surface area contributed by atoms with Gasteiger partial charge in [0.15, 0.2) is 17.2 Å². The van der Waals surface area contributed by atoms with Gasteiger partial charge in [-0.2, -0.15) is 0 Å². The molecule has 0 amide bonds. The third-order valence-corrected chi connectivity index (χ3v) is 4.42. The summed E-state index contributed by atoms with van der Waals surface area (Å²) in [4.78, 5) is 16.1. The van der Waals surface area contributed by atoms with Crippen molar-refractivity contribution < 1.29 is 33.7 Å². The van der Waals surface area contributed by atoms with Gasteiger partial charge < -0.3 is 28.9 Å². The van der Waals surface area contributed by atoms with Crippen LogP contribution in [0.5, 0.6) is 23.0 Å². The first-order valence-electron chi connectivity index (χ1n) is 6.74. The zero-order valence-electron chi connectivity index (χ0n) is 12.4. The number of nitrogens with zero attached hydrogens (tertiary/aromatic N) is 1. The summed E-state index contributed by atoms with van der Waals surface area (Å²) in [5.74, 6) is 0.818. The quantitative estimate of drug-likeness (QED) is 0.824. The highest BCUT2D eigenvalue weighted by Crippen LogP contribution is 2.54. The van der Waals surface area contributed by atoms with Crippen molar-refractivity contribution in [1.29, 1.82) is 0 Å². The van der Waals surface area contributed by atoms with Crippen LogP contribution in [0.3, 0.4) is 0 Å². The van der Waals surface area contributed by atoms with Gasteiger partial charge in [-0.15, -0.1) is 0 Å². The van der Waals surface area contributed by atoms with Gasteiger partial charge in [-0.25, -0.2) is 4.79 Å². The number of hydrogen-bond acceptors (Lipinski definition) is 7. The number of carbonyl (C=O) groups is 1. The Morgan fingerprint density at radius 3 is 2.61 bits per heavy atom. The third-order valence-electron chi connectivity index (χ3n) is 3.58. The van der Waals surface area contributed by atoms with Gasteiger partial charge in [-0.3, -0.25) is 0 Å². The fourth-order valence-corrected chi connectivity index (χ4v) is 3.20. The topological polar surface area (TPSA) is 95.8 Å². The maximum absolute atomic E-state index is 10.9. The molecule has 1 atom stereocenters. The standard InChI is InChI=1S/C14H14BrNO7/c1-19-10-7(3-6-4-8(14(17)18)16-23-6)9(15)11-13(12(10)20-2)22-5-21-11/h6H,3-5H2,1-2H3,(H,17,18)/t6-/m0/s1. The van der Waals surface area contributed by atoms with Crippen molar-refractivity contribution in [3.05, 3.63) is 10.0 Å². The average molecular weight is 388 g/mol. The Morgan fingerprint density at radius 2 is 2.00 bits per heavy atom. The minimum absolute atomic E-state index is 0.00204. The normalized spacial score (nSPS) is 18.4. The predicted octanol–water partition coefficient (Wildman–Crippen LogP) is 1.97. The molecule has 124 valence electrons. The van der Waals surface area contributed by atoms with Gasteiger partial charge in [0, 0.05) is 18.4 Å². The maximum atomic E-state index is 10.9. The van der Waals surface area contributed by atoms with Crippen molar-refractivity contribution in [2.75, 3.05) is 21.0 Å². The molecule has 3 rings (SSSR count). The van der Waals surface area contributed by atoms with Gasteiger partial charge in [0.05, 0.1) is 18.7 Å². The number of carboxylic acid groups (broad SMARTS) is 1. The summed E-state index contributed by atoms with van der Waals surface area (Å²) >= 11 is 3.49. The van der Waals surface area contributed by atoms with E-state index in [1.165, 1.54) is 14.2 Å². The number of oxime groups is 1. The molecular formula is C14H14BrNO7. The van der Waals surface area contributed by atoms with Gasteiger partial charge >= 0.3 is 5.97 Å². The molecule has 1 aromatic rings. The molecular weight excluding hydrogens is 374 g/mol. The molecule has 1 aromatic carbocycles. The fraction of sp³-hybridized carbons (Fsp3) is 0.429. The first-order valence-corrected chi connectivity index (χ1v) is 7.54. The van der Waals surface area contributed by atoms with Gasteiger partial charge in [-0.05, 0) is 15.9 Å². The van der Waals surface area contributed by atoms with Crippen molar-refractivity contribution in [2.45, 2.75) is 18.9 Å². The molecule has 0 spiro atoms. The van der Waals surface area contributed by atoms with E-state index in [1.807, 2.05) is 0 Å². The smallest absolute Gasteiger partial charge is 0.353 e. The number of ether oxygens (including phenoxy) is 4. The molecule has 8 nitrogen and oxygen atoms in total. The van der Waals surface area contributed by atoms with Crippen LogP contribution in [0.1, 0.15) is 12.0 Å². The van der Waals surface area contributed by atoms with Crippen molar-refractivity contribution in [2.24, 2.45) is 5.16 Å². The van der Waals surface area contributed by atoms with Gasteiger partial charge in [0.1, 0.15) is 6.10 Å². The minimum Gasteiger partial charge on any atom is -0.492 e. The first-order chi connectivity index (χ1) is 11.1. The molecule has 0 saturated carbocycles. The van der Waals surface area contributed by atoms with E-state index in [-0.39, 0.29) is 18.9 Å². The zero-order valence-corrected chi connectivity index (χ0v) is 14.0. The highest BCUT2D eigenvalue weighted by molar-refractivity contribution is 9.10. The number of fused-ring (bicyclic) bond motifs is 1. The van der Waals surface area contributed by atoms with E-state index < -0.39 is 12.1 Å². The van der Waals surface area contributed by atoms with E-state index in [0.717, 1.165) is 5.56 Å². The molecule has 2 aliphatic rings. The van der Waals surface area contributed by atoms with Crippen molar-refractivity contribution in [3.8, 4) is 23.0 Å². The molecule has 9 heteroatoms. The second-order valence-electron chi connectivity index (χ2n) is 4.90. The van der Waals surface area contributed by atoms with Crippen LogP contribution in [0.25, 0.3) is 0 Å². The number of benzene rings is 1. The van der Waals surface area contributed by atoms with E-state index in [4.69, 9.17) is 28.9 Å². The summed E-state index contributed by atoms with van der Waals surface area (Å²) in [5, 5.41) is 12.5. The molecule has 0 saturated heterocycles. The molecule has 0 bridgehead atoms. The number of rotatable bonds is 5. The Labute approximate surface area is 140 Å². The van der Waals surface area contributed by atoms with E-state index in [0.29, 0.717) is 33.9 Å². The Morgan fingerprint density at radius 1 is 1.30 bits per heavy atom. The van der Waals surface area contributed by atoms with Gasteiger partial charge in [0.2, 0.25) is 18.3 Å². The summed E-state index contributed by atoms with van der Waals surface area (Å²) in [6.07, 6.45) is 0.176. The SMILES string of the molecule is COc1c(C[C@H]2CC(C(=O)O)=NO2)c(Br)c2c(c1OC)OCO2. The third kappa shape index (κ3) is 2.65. The van der Waals surface area contributed by atoms with E-state index in [9.17, 15) is 4.79 Å². The van der Waals surface area contributed by atoms with E-state index in [1.54, 1.807) is 0 Å². The lowest BCUT2D eigenvalue weighted by Crippen LogP contribution is -2.17. The molecule has 0 radical (unpaired) electrons. The second kappa shape index (κ2) is 6.15. The maximum Gasteiger partial charge on any atom is 0.353 e. The first kappa shape index (κ1) is 15.7. The molecule has 2 aliphatic heterocycles. The zero-order chi connectivity index (χ0) is 16.6. The largest absolute Gasteiger partial charge is 0.492 e. The van der Waals surface area contributed by atoms with Crippen LogP contribution in [0, 0.1) is 0 Å². The summed E-state index contributed by atoms with van der Waals surface area (Å²) in [7, 11) is 3.03. The van der Waals surface area contributed by atoms with E-state index in [2.05, 4.69) is 21.1 Å². The van der Waals surface area contributed by atoms with Crippen LogP contribution in [-0.2, 0) is 16.1 Å². The summed E-state index contributed by atoms with van der Waals surface area (Å²) in [5.41, 5.74) is 0.734. The molecule has 1 N–H and O–H groups in total. The average Bonchev–Trinajstić information content (AvgIpc) is 3.18. The summed E-state index contributed by atoms with van der Waals surface area (Å²) < 4.78 is 22.4. The highest BCUT2D eigenvalue weighted by atomic mass is 79.9. The lowest BCUT2D eigenvalue weighted by atomic mass is 10.0. The monoisotopic (exact) mass is 387 g/mol. The number of methoxy groups -OCH3 is 2. The van der Waals surface area contributed by atoms with Crippen LogP contribution in [0.2, 0.25) is 0 Å². The van der Waals surface area contributed by atoms with Crippen molar-refractivity contribution >= 4 is 27.6 Å². The Bertz CT molecular complexity index is 688. The molecule has 0 aliphatic carbocycles. The minimum atomic E-state index is -1.08. The lowest BCUT2D eigenvalue weighted by molar-refractivity contribution is -0.129. The van der Waals surface area contributed by atoms with Crippen molar-refractivity contribution in [3.63, 3.8) is 0 Å². The van der Waals surface area contributed by atoms with Crippen LogP contribution in [0.15, 0.2) is 9.63 Å². The lowest BCUT2D eigenvalue weighted by Gasteiger charge is -2.18. The molecule has 23 heavy (non-hydrogen) atoms. The van der Waals surface area contributed by atoms with Crippen LogP contribution < -0.4 is 18.9 Å². The second-order valence-corrected chi connectivity index (χ2v) is 5.70. The Balaban J connectivity index is 1.95. The predicted molar refractivity (Wildman–Crippen MR) is 81.6 cm³/mol. The number of aliphatic carboxylic acids is 1. The van der Waals surface area contributed by atoms with Crippen LogP contribution >= 0.6 is 15.9 Å². The number of carboxylic acids is 1. The molecule has 0 fully saturated rings. The number of halogens is 1. The summed E-state index contributed by atoms with van der Waals surface area (Å²) in [6, 6.07) is 0. The van der Waals surface area contributed by atoms with Crippen molar-refractivity contribution in [1.82, 2.24) is 0 Å². The number of hydrogen-bond donors (Lipinski definition) is 1. The summed E-state index contributed by atoms with van der Waals surface area (Å²) in [6.45, 7) is 0.0864. The molecule has 0 aromatic heterocycles. The Kier molecular flexibility index (Phi) is 4.20. The fourth-order valence-electron chi connectivity index (χ4n) is 2.56. The Hall–Kier alpha value is -2.16. The van der Waals surface area contributed by atoms with Gasteiger partial charge in [-0.1, -0.05) is 5.16 Å². The molecule has 0 unspecified atom stereocenters. The van der Waals surface area contributed by atoms with Crippen LogP contribution in [-0.4, -0.2) is 43.9 Å². The van der Waals surface area contributed by atoms with Crippen LogP contribution in [0.4, 0.5) is 0 Å². The molecule has 2 heterocycles. The highest BCUT2D eigenvalue weighted by Gasteiger charge is 2.34. The van der Waals surface area contributed by atoms with Gasteiger partial charge in [0.25, 0.3) is 0 Å².